The molecule has 0 aliphatic carbocycles. The molecule has 29 heavy (non-hydrogen) atoms. The molecule has 1 aromatic heterocycles. The molecule has 152 valence electrons. The van der Waals surface area contributed by atoms with Gasteiger partial charge in [0.1, 0.15) is 12.4 Å². The van der Waals surface area contributed by atoms with Crippen LogP contribution in [0.2, 0.25) is 0 Å². The lowest BCUT2D eigenvalue weighted by Crippen LogP contribution is -2.40. The first-order valence-electron chi connectivity index (χ1n) is 8.62. The number of aryl methyl sites for hydroxylation is 1. The number of para-hydroxylation sites is 1. The van der Waals surface area contributed by atoms with Crippen molar-refractivity contribution in [2.24, 2.45) is 0 Å². The van der Waals surface area contributed by atoms with Crippen LogP contribution in [0.3, 0.4) is 0 Å². The first-order chi connectivity index (χ1) is 13.7. The van der Waals surface area contributed by atoms with Gasteiger partial charge in [0, 0.05) is 5.56 Å². The molecule has 8 nitrogen and oxygen atoms in total. The van der Waals surface area contributed by atoms with Gasteiger partial charge in [0.15, 0.2) is 0 Å². The number of nitrogens with zero attached hydrogens (tertiary/aromatic N) is 3. The molecule has 2 aromatic carbocycles. The number of rotatable bonds is 7. The summed E-state index contributed by atoms with van der Waals surface area (Å²) in [4.78, 5) is 16.4. The fourth-order valence-electron chi connectivity index (χ4n) is 2.54. The van der Waals surface area contributed by atoms with E-state index in [0.717, 1.165) is 23.4 Å². The van der Waals surface area contributed by atoms with E-state index in [1.165, 1.54) is 18.2 Å². The molecule has 0 aliphatic rings. The van der Waals surface area contributed by atoms with E-state index in [-0.39, 0.29) is 18.1 Å². The highest BCUT2D eigenvalue weighted by molar-refractivity contribution is 7.92. The van der Waals surface area contributed by atoms with Gasteiger partial charge >= 0.3 is 0 Å². The highest BCUT2D eigenvalue weighted by Crippen LogP contribution is 2.21. The first kappa shape index (κ1) is 20.5. The number of carbonyl (C=O) groups excluding carboxylic acids is 1. The Balaban J connectivity index is 1.66. The zero-order chi connectivity index (χ0) is 21.0. The number of anilines is 1. The maximum atomic E-state index is 14.0. The van der Waals surface area contributed by atoms with Crippen LogP contribution < -0.4 is 9.62 Å². The van der Waals surface area contributed by atoms with Crippen molar-refractivity contribution in [2.45, 2.75) is 13.5 Å². The predicted octanol–water partition coefficient (Wildman–Crippen LogP) is 2.27. The Bertz CT molecular complexity index is 1110. The Morgan fingerprint density at radius 2 is 1.86 bits per heavy atom. The summed E-state index contributed by atoms with van der Waals surface area (Å²) >= 11 is 0. The third kappa shape index (κ3) is 5.17. The molecule has 3 rings (SSSR count). The largest absolute Gasteiger partial charge is 0.345 e. The van der Waals surface area contributed by atoms with Gasteiger partial charge in [-0.05, 0) is 19.1 Å². The summed E-state index contributed by atoms with van der Waals surface area (Å²) in [6, 6.07) is 12.8. The van der Waals surface area contributed by atoms with Crippen molar-refractivity contribution in [3.05, 3.63) is 65.8 Å². The van der Waals surface area contributed by atoms with Gasteiger partial charge in [-0.15, -0.1) is 0 Å². The Kier molecular flexibility index (Phi) is 5.92. The lowest BCUT2D eigenvalue weighted by atomic mass is 10.1. The normalized spacial score (nSPS) is 11.3. The van der Waals surface area contributed by atoms with Crippen LogP contribution in [-0.4, -0.2) is 37.3 Å². The maximum Gasteiger partial charge on any atom is 0.246 e. The quantitative estimate of drug-likeness (QED) is 0.631. The second-order valence-corrected chi connectivity index (χ2v) is 8.28. The molecule has 1 amide bonds. The second kappa shape index (κ2) is 8.39. The molecule has 1 heterocycles. The molecule has 0 atom stereocenters. The van der Waals surface area contributed by atoms with Gasteiger partial charge in [-0.2, -0.15) is 4.98 Å². The second-order valence-electron chi connectivity index (χ2n) is 6.38. The van der Waals surface area contributed by atoms with Gasteiger partial charge in [-0.1, -0.05) is 47.1 Å². The molecule has 0 fully saturated rings. The number of sulfonamides is 1. The average Bonchev–Trinajstić information content (AvgIpc) is 3.14. The van der Waals surface area contributed by atoms with Crippen molar-refractivity contribution < 1.29 is 22.1 Å². The highest BCUT2D eigenvalue weighted by atomic mass is 32.2. The van der Waals surface area contributed by atoms with E-state index in [4.69, 9.17) is 4.52 Å². The van der Waals surface area contributed by atoms with E-state index in [0.29, 0.717) is 10.1 Å². The monoisotopic (exact) mass is 418 g/mol. The number of carbonyl (C=O) groups is 1. The van der Waals surface area contributed by atoms with Crippen LogP contribution in [0.25, 0.3) is 11.4 Å². The van der Waals surface area contributed by atoms with E-state index in [2.05, 4.69) is 15.5 Å². The molecule has 0 spiro atoms. The summed E-state index contributed by atoms with van der Waals surface area (Å²) in [7, 11) is -3.87. The number of nitrogens with one attached hydrogen (secondary N) is 1. The van der Waals surface area contributed by atoms with Gasteiger partial charge in [-0.3, -0.25) is 9.10 Å². The smallest absolute Gasteiger partial charge is 0.246 e. The number of hydrogen-bond donors (Lipinski definition) is 1. The lowest BCUT2D eigenvalue weighted by molar-refractivity contribution is -0.119. The maximum absolute atomic E-state index is 14.0. The summed E-state index contributed by atoms with van der Waals surface area (Å²) < 4.78 is 43.8. The summed E-state index contributed by atoms with van der Waals surface area (Å²) in [5.41, 5.74) is 1.65. The van der Waals surface area contributed by atoms with Crippen LogP contribution in [0, 0.1) is 12.7 Å². The van der Waals surface area contributed by atoms with Gasteiger partial charge < -0.3 is 9.84 Å². The van der Waals surface area contributed by atoms with Gasteiger partial charge in [0.05, 0.1) is 18.5 Å². The van der Waals surface area contributed by atoms with Gasteiger partial charge in [0.2, 0.25) is 27.6 Å². The zero-order valence-electron chi connectivity index (χ0n) is 15.8. The Hall–Kier alpha value is -3.27. The molecule has 0 aliphatic heterocycles. The van der Waals surface area contributed by atoms with Gasteiger partial charge in [-0.25, -0.2) is 12.8 Å². The Morgan fingerprint density at radius 3 is 2.52 bits per heavy atom. The fraction of sp³-hybridized carbons (Fsp3) is 0.211. The summed E-state index contributed by atoms with van der Waals surface area (Å²) in [6.07, 6.45) is 0.901. The van der Waals surface area contributed by atoms with E-state index in [1.54, 1.807) is 0 Å². The Morgan fingerprint density at radius 1 is 1.17 bits per heavy atom. The number of benzene rings is 2. The van der Waals surface area contributed by atoms with E-state index in [9.17, 15) is 17.6 Å². The molecule has 0 bridgehead atoms. The van der Waals surface area contributed by atoms with Crippen molar-refractivity contribution in [1.82, 2.24) is 15.5 Å². The predicted molar refractivity (Wildman–Crippen MR) is 105 cm³/mol. The van der Waals surface area contributed by atoms with Crippen LogP contribution in [0.15, 0.2) is 53.1 Å². The fourth-order valence-corrected chi connectivity index (χ4v) is 3.40. The van der Waals surface area contributed by atoms with E-state index in [1.807, 2.05) is 31.2 Å². The minimum atomic E-state index is -3.87. The topological polar surface area (TPSA) is 105 Å². The third-order valence-electron chi connectivity index (χ3n) is 4.02. The molecular weight excluding hydrogens is 399 g/mol. The number of halogens is 1. The van der Waals surface area contributed by atoms with Crippen LogP contribution >= 0.6 is 0 Å². The number of hydrogen-bond acceptors (Lipinski definition) is 6. The van der Waals surface area contributed by atoms with Crippen molar-refractivity contribution in [3.63, 3.8) is 0 Å². The van der Waals surface area contributed by atoms with Crippen LogP contribution in [-0.2, 0) is 21.4 Å². The molecule has 0 unspecified atom stereocenters. The van der Waals surface area contributed by atoms with E-state index >= 15 is 0 Å². The molecule has 1 N–H and O–H groups in total. The summed E-state index contributed by atoms with van der Waals surface area (Å²) in [6.45, 7) is 1.29. The Labute approximate surface area is 167 Å². The molecule has 0 radical (unpaired) electrons. The van der Waals surface area contributed by atoms with Gasteiger partial charge in [0.25, 0.3) is 0 Å². The zero-order valence-corrected chi connectivity index (χ0v) is 16.6. The first-order valence-corrected chi connectivity index (χ1v) is 10.5. The minimum Gasteiger partial charge on any atom is -0.345 e. The molecule has 0 saturated carbocycles. The minimum absolute atomic E-state index is 0.0907. The molecular formula is C19H19FN4O4S. The number of aromatic nitrogens is 2. The van der Waals surface area contributed by atoms with Crippen molar-refractivity contribution >= 4 is 21.6 Å². The highest BCUT2D eigenvalue weighted by Gasteiger charge is 2.23. The van der Waals surface area contributed by atoms with Crippen LogP contribution in [0.1, 0.15) is 11.5 Å². The average molecular weight is 418 g/mol. The molecule has 10 heteroatoms. The van der Waals surface area contributed by atoms with Crippen molar-refractivity contribution in [2.75, 3.05) is 17.1 Å². The summed E-state index contributed by atoms with van der Waals surface area (Å²) in [5, 5.41) is 6.36. The lowest BCUT2D eigenvalue weighted by Gasteiger charge is -2.22. The number of amides is 1. The SMILES string of the molecule is Cc1ccc(-c2noc(CNC(=O)CN(c3ccccc3F)S(C)(=O)=O)n2)cc1. The standard InChI is InChI=1S/C19H19FN4O4S/c1-13-7-9-14(10-8-13)19-22-18(28-23-19)11-21-17(25)12-24(29(2,26)27)16-6-4-3-5-15(16)20/h3-10H,11-12H2,1-2H3,(H,21,25). The third-order valence-corrected chi connectivity index (χ3v) is 5.15. The molecule has 0 saturated heterocycles. The van der Waals surface area contributed by atoms with Crippen molar-refractivity contribution in [3.8, 4) is 11.4 Å². The van der Waals surface area contributed by atoms with Crippen LogP contribution in [0.4, 0.5) is 10.1 Å². The van der Waals surface area contributed by atoms with Crippen LogP contribution in [0.5, 0.6) is 0 Å². The summed E-state index contributed by atoms with van der Waals surface area (Å²) in [5.74, 6) is -0.858. The molecule has 3 aromatic rings. The van der Waals surface area contributed by atoms with E-state index < -0.39 is 28.3 Å². The van der Waals surface area contributed by atoms with Crippen molar-refractivity contribution in [1.29, 1.82) is 0 Å².